The summed E-state index contributed by atoms with van der Waals surface area (Å²) in [6, 6.07) is 11.5. The van der Waals surface area contributed by atoms with Crippen LogP contribution in [0.25, 0.3) is 28.6 Å². The van der Waals surface area contributed by atoms with Crippen molar-refractivity contribution in [3.63, 3.8) is 0 Å². The van der Waals surface area contributed by atoms with Gasteiger partial charge in [0.1, 0.15) is 23.8 Å². The first-order valence-electron chi connectivity index (χ1n) is 8.17. The highest BCUT2D eigenvalue weighted by Gasteiger charge is 2.31. The molecule has 0 fully saturated rings. The summed E-state index contributed by atoms with van der Waals surface area (Å²) in [6.07, 6.45) is -2.97. The van der Waals surface area contributed by atoms with E-state index in [0.29, 0.717) is 6.61 Å². The Labute approximate surface area is 153 Å². The average molecular weight is 372 g/mol. The van der Waals surface area contributed by atoms with E-state index in [1.165, 1.54) is 12.1 Å². The number of halogens is 3. The summed E-state index contributed by atoms with van der Waals surface area (Å²) in [5, 5.41) is 4.61. The Morgan fingerprint density at radius 3 is 2.59 bits per heavy atom. The van der Waals surface area contributed by atoms with Crippen molar-refractivity contribution in [1.29, 1.82) is 0 Å². The molecule has 1 aromatic heterocycles. The molecule has 0 N–H and O–H groups in total. The first kappa shape index (κ1) is 17.2. The zero-order chi connectivity index (χ0) is 19.2. The molecule has 27 heavy (non-hydrogen) atoms. The summed E-state index contributed by atoms with van der Waals surface area (Å²) < 4.78 is 48.5. The van der Waals surface area contributed by atoms with Crippen molar-refractivity contribution >= 4 is 6.08 Å². The van der Waals surface area contributed by atoms with Crippen molar-refractivity contribution in [2.24, 2.45) is 7.05 Å². The third kappa shape index (κ3) is 3.16. The second-order valence-electron chi connectivity index (χ2n) is 6.12. The van der Waals surface area contributed by atoms with Gasteiger partial charge in [-0.3, -0.25) is 4.68 Å². The third-order valence-electron chi connectivity index (χ3n) is 4.38. The predicted octanol–water partition coefficient (Wildman–Crippen LogP) is 5.19. The zero-order valence-corrected chi connectivity index (χ0v) is 14.4. The number of ether oxygens (including phenoxy) is 2. The van der Waals surface area contributed by atoms with Crippen LogP contribution in [0.5, 0.6) is 11.5 Å². The number of nitrogens with zero attached hydrogens (tertiary/aromatic N) is 2. The molecule has 0 radical (unpaired) electrons. The van der Waals surface area contributed by atoms with Gasteiger partial charge in [0.05, 0.1) is 5.69 Å². The molecule has 0 atom stereocenters. The molecule has 0 amide bonds. The lowest BCUT2D eigenvalue weighted by molar-refractivity contribution is -0.274. The van der Waals surface area contributed by atoms with Gasteiger partial charge in [0.15, 0.2) is 0 Å². The number of hydrogen-bond acceptors (Lipinski definition) is 3. The largest absolute Gasteiger partial charge is 0.573 e. The summed E-state index contributed by atoms with van der Waals surface area (Å²) in [5.74, 6) is 0.472. The van der Waals surface area contributed by atoms with Crippen molar-refractivity contribution in [2.45, 2.75) is 13.0 Å². The summed E-state index contributed by atoms with van der Waals surface area (Å²) in [7, 11) is 1.80. The Morgan fingerprint density at radius 1 is 1.19 bits per heavy atom. The summed E-state index contributed by atoms with van der Waals surface area (Å²) >= 11 is 0. The van der Waals surface area contributed by atoms with Crippen molar-refractivity contribution in [1.82, 2.24) is 9.78 Å². The monoisotopic (exact) mass is 372 g/mol. The molecular formula is C20H15F3N2O2. The average Bonchev–Trinajstić information content (AvgIpc) is 2.97. The molecule has 0 aliphatic carbocycles. The second kappa shape index (κ2) is 6.19. The van der Waals surface area contributed by atoms with E-state index < -0.39 is 6.36 Å². The first-order valence-corrected chi connectivity index (χ1v) is 8.17. The SMILES string of the molecule is C=Cc1ccc2c(c1)OCc1c-2nn(C)c1-c1ccc(OC(F)(F)F)cc1. The molecule has 138 valence electrons. The number of aryl methyl sites for hydroxylation is 1. The number of aromatic nitrogens is 2. The Kier molecular flexibility index (Phi) is 3.95. The molecule has 2 aromatic carbocycles. The van der Waals surface area contributed by atoms with Gasteiger partial charge in [0, 0.05) is 23.7 Å². The molecule has 0 unspecified atom stereocenters. The highest BCUT2D eigenvalue weighted by Crippen LogP contribution is 2.41. The summed E-state index contributed by atoms with van der Waals surface area (Å²) in [4.78, 5) is 0. The van der Waals surface area contributed by atoms with E-state index in [1.54, 1.807) is 29.9 Å². The minimum Gasteiger partial charge on any atom is -0.488 e. The molecule has 7 heteroatoms. The lowest BCUT2D eigenvalue weighted by Gasteiger charge is -2.18. The quantitative estimate of drug-likeness (QED) is 0.635. The van der Waals surface area contributed by atoms with Crippen molar-refractivity contribution in [3.05, 3.63) is 60.2 Å². The lowest BCUT2D eigenvalue weighted by Crippen LogP contribution is -2.17. The van der Waals surface area contributed by atoms with Gasteiger partial charge < -0.3 is 9.47 Å². The van der Waals surface area contributed by atoms with Crippen LogP contribution in [-0.4, -0.2) is 16.1 Å². The Balaban J connectivity index is 1.74. The number of alkyl halides is 3. The minimum absolute atomic E-state index is 0.263. The maximum absolute atomic E-state index is 12.3. The molecule has 1 aliphatic rings. The Bertz CT molecular complexity index is 1020. The first-order chi connectivity index (χ1) is 12.9. The number of fused-ring (bicyclic) bond motifs is 3. The normalized spacial score (nSPS) is 12.7. The molecule has 4 nitrogen and oxygen atoms in total. The van der Waals surface area contributed by atoms with Crippen LogP contribution in [0.1, 0.15) is 11.1 Å². The van der Waals surface area contributed by atoms with Crippen LogP contribution in [0, 0.1) is 0 Å². The molecular weight excluding hydrogens is 357 g/mol. The van der Waals surface area contributed by atoms with Gasteiger partial charge in [-0.1, -0.05) is 18.7 Å². The van der Waals surface area contributed by atoms with Gasteiger partial charge in [-0.05, 0) is 42.0 Å². The molecule has 4 rings (SSSR count). The van der Waals surface area contributed by atoms with Crippen molar-refractivity contribution < 1.29 is 22.6 Å². The van der Waals surface area contributed by atoms with E-state index in [2.05, 4.69) is 16.4 Å². The van der Waals surface area contributed by atoms with Gasteiger partial charge >= 0.3 is 6.36 Å². The predicted molar refractivity (Wildman–Crippen MR) is 95.2 cm³/mol. The fourth-order valence-corrected chi connectivity index (χ4v) is 3.23. The highest BCUT2D eigenvalue weighted by molar-refractivity contribution is 5.80. The van der Waals surface area contributed by atoms with Crippen molar-refractivity contribution in [2.75, 3.05) is 0 Å². The van der Waals surface area contributed by atoms with Crippen LogP contribution in [0.3, 0.4) is 0 Å². The number of hydrogen-bond donors (Lipinski definition) is 0. The van der Waals surface area contributed by atoms with E-state index in [-0.39, 0.29) is 5.75 Å². The van der Waals surface area contributed by atoms with Gasteiger partial charge in [-0.25, -0.2) is 0 Å². The van der Waals surface area contributed by atoms with Crippen molar-refractivity contribution in [3.8, 4) is 34.0 Å². The van der Waals surface area contributed by atoms with Crippen LogP contribution in [0.4, 0.5) is 13.2 Å². The fraction of sp³-hybridized carbons (Fsp3) is 0.150. The van der Waals surface area contributed by atoms with Crippen LogP contribution in [0.15, 0.2) is 49.0 Å². The maximum Gasteiger partial charge on any atom is 0.573 e. The number of benzene rings is 2. The van der Waals surface area contributed by atoms with Gasteiger partial charge in [-0.2, -0.15) is 5.10 Å². The maximum atomic E-state index is 12.3. The van der Waals surface area contributed by atoms with Crippen LogP contribution >= 0.6 is 0 Å². The summed E-state index contributed by atoms with van der Waals surface area (Å²) in [6.45, 7) is 4.08. The Morgan fingerprint density at radius 2 is 1.93 bits per heavy atom. The van der Waals surface area contributed by atoms with E-state index in [4.69, 9.17) is 4.74 Å². The van der Waals surface area contributed by atoms with E-state index in [9.17, 15) is 13.2 Å². The topological polar surface area (TPSA) is 36.3 Å². The van der Waals surface area contributed by atoms with Crippen LogP contribution in [-0.2, 0) is 13.7 Å². The molecule has 2 heterocycles. The zero-order valence-electron chi connectivity index (χ0n) is 14.4. The summed E-state index contributed by atoms with van der Waals surface area (Å²) in [5.41, 5.74) is 5.05. The minimum atomic E-state index is -4.71. The van der Waals surface area contributed by atoms with Gasteiger partial charge in [0.25, 0.3) is 0 Å². The lowest BCUT2D eigenvalue weighted by atomic mass is 9.98. The molecule has 0 saturated carbocycles. The molecule has 0 bridgehead atoms. The van der Waals surface area contributed by atoms with Crippen LogP contribution < -0.4 is 9.47 Å². The Hall–Kier alpha value is -3.22. The molecule has 3 aromatic rings. The fourth-order valence-electron chi connectivity index (χ4n) is 3.23. The van der Waals surface area contributed by atoms with Crippen LogP contribution in [0.2, 0.25) is 0 Å². The second-order valence-corrected chi connectivity index (χ2v) is 6.12. The third-order valence-corrected chi connectivity index (χ3v) is 4.38. The number of rotatable bonds is 3. The standard InChI is InChI=1S/C20H15F3N2O2/c1-3-12-4-9-15-17(10-12)26-11-16-18(15)24-25(2)19(16)13-5-7-14(8-6-13)27-20(21,22)23/h3-10H,1,11H2,2H3. The van der Waals surface area contributed by atoms with Gasteiger partial charge in [-0.15, -0.1) is 13.2 Å². The van der Waals surface area contributed by atoms with E-state index in [0.717, 1.165) is 39.4 Å². The van der Waals surface area contributed by atoms with Gasteiger partial charge in [0.2, 0.25) is 0 Å². The smallest absolute Gasteiger partial charge is 0.488 e. The van der Waals surface area contributed by atoms with E-state index in [1.807, 2.05) is 18.2 Å². The molecule has 0 spiro atoms. The molecule has 1 aliphatic heterocycles. The van der Waals surface area contributed by atoms with E-state index >= 15 is 0 Å². The highest BCUT2D eigenvalue weighted by atomic mass is 19.4. The molecule has 0 saturated heterocycles.